The van der Waals surface area contributed by atoms with Crippen molar-refractivity contribution in [2.24, 2.45) is 4.99 Å². The molecule has 282 valence electrons. The van der Waals surface area contributed by atoms with Gasteiger partial charge >= 0.3 is 0 Å². The minimum Gasteiger partial charge on any atom is -0.356 e. The Morgan fingerprint density at radius 2 is 1.64 bits per heavy atom. The zero-order valence-electron chi connectivity index (χ0n) is 30.4. The molecule has 0 unspecified atom stereocenters. The van der Waals surface area contributed by atoms with Gasteiger partial charge in [-0.1, -0.05) is 23.7 Å². The molecule has 1 aliphatic rings. The number of pyridine rings is 1. The van der Waals surface area contributed by atoms with Crippen LogP contribution in [0.3, 0.4) is 0 Å². The fourth-order valence-corrected chi connectivity index (χ4v) is 8.70. The van der Waals surface area contributed by atoms with Crippen molar-refractivity contribution in [3.63, 3.8) is 0 Å². The topological polar surface area (TPSA) is 156 Å². The predicted octanol–water partition coefficient (Wildman–Crippen LogP) is 6.78. The summed E-state index contributed by atoms with van der Waals surface area (Å²) in [5.41, 5.74) is 5.25. The minimum absolute atomic E-state index is 0.0951. The molecule has 0 radical (unpaired) electrons. The Bertz CT molecular complexity index is 2420. The van der Waals surface area contributed by atoms with Gasteiger partial charge in [0.15, 0.2) is 5.82 Å². The maximum absolute atomic E-state index is 13.3. The smallest absolute Gasteiger partial charge is 0.252 e. The third kappa shape index (κ3) is 8.49. The summed E-state index contributed by atoms with van der Waals surface area (Å²) in [6.07, 6.45) is 5.29. The van der Waals surface area contributed by atoms with Crippen molar-refractivity contribution < 1.29 is 14.4 Å². The molecule has 0 fully saturated rings. The van der Waals surface area contributed by atoms with Gasteiger partial charge in [-0.25, -0.2) is 4.98 Å². The number of hydrogen-bond acceptors (Lipinski definition) is 11. The number of carbonyl (C=O) groups is 3. The third-order valence-corrected chi connectivity index (χ3v) is 12.0. The molecule has 6 aromatic rings. The molecule has 1 atom stereocenters. The van der Waals surface area contributed by atoms with Gasteiger partial charge in [0.25, 0.3) is 11.8 Å². The highest BCUT2D eigenvalue weighted by atomic mass is 35.5. The first-order valence-electron chi connectivity index (χ1n) is 17.8. The number of benzene rings is 2. The molecule has 0 saturated carbocycles. The largest absolute Gasteiger partial charge is 0.356 e. The first kappa shape index (κ1) is 38.3. The summed E-state index contributed by atoms with van der Waals surface area (Å²) in [6, 6.07) is 12.1. The molecule has 2 aromatic carbocycles. The second kappa shape index (κ2) is 16.8. The highest BCUT2D eigenvalue weighted by Gasteiger charge is 2.32. The van der Waals surface area contributed by atoms with E-state index in [0.29, 0.717) is 76.7 Å². The van der Waals surface area contributed by atoms with E-state index in [4.69, 9.17) is 16.6 Å². The molecule has 7 rings (SSSR count). The number of amides is 3. The first-order valence-corrected chi connectivity index (χ1v) is 20.3. The van der Waals surface area contributed by atoms with Gasteiger partial charge in [0.05, 0.1) is 28.2 Å². The average Bonchev–Trinajstić information content (AvgIpc) is 3.88. The van der Waals surface area contributed by atoms with E-state index >= 15 is 0 Å². The molecule has 55 heavy (non-hydrogen) atoms. The molecule has 3 amide bonds. The van der Waals surface area contributed by atoms with E-state index in [1.165, 1.54) is 11.1 Å². The lowest BCUT2D eigenvalue weighted by molar-refractivity contribution is -0.121. The fraction of sp³-hybridized carbons (Fsp3) is 0.282. The molecule has 0 bridgehead atoms. The van der Waals surface area contributed by atoms with Crippen molar-refractivity contribution in [3.8, 4) is 5.00 Å². The van der Waals surface area contributed by atoms with Crippen molar-refractivity contribution >= 4 is 81.2 Å². The normalized spacial score (nSPS) is 13.5. The number of carbonyl (C=O) groups excluding carboxylic acids is 3. The molecule has 5 heterocycles. The van der Waals surface area contributed by atoms with Crippen LogP contribution in [0.1, 0.15) is 84.2 Å². The number of fused-ring (bicyclic) bond motifs is 4. The maximum atomic E-state index is 13.3. The number of nitrogens with one attached hydrogen (secondary N) is 3. The highest BCUT2D eigenvalue weighted by Crippen LogP contribution is 2.39. The molecule has 0 spiro atoms. The van der Waals surface area contributed by atoms with Crippen molar-refractivity contribution in [3.05, 3.63) is 115 Å². The Morgan fingerprint density at radius 3 is 2.40 bits per heavy atom. The molecule has 16 heteroatoms. The van der Waals surface area contributed by atoms with E-state index in [2.05, 4.69) is 62.6 Å². The summed E-state index contributed by atoms with van der Waals surface area (Å²) < 4.78 is 2.03. The van der Waals surface area contributed by atoms with Crippen LogP contribution in [-0.2, 0) is 11.2 Å². The third-order valence-electron chi connectivity index (χ3n) is 9.34. The van der Waals surface area contributed by atoms with Crippen molar-refractivity contribution in [1.82, 2.24) is 40.7 Å². The van der Waals surface area contributed by atoms with E-state index in [1.54, 1.807) is 47.1 Å². The summed E-state index contributed by atoms with van der Waals surface area (Å²) in [5.74, 6) is 0.684. The number of thiol groups is 1. The van der Waals surface area contributed by atoms with Gasteiger partial charge in [-0.05, 0) is 69.5 Å². The average molecular weight is 812 g/mol. The zero-order chi connectivity index (χ0) is 38.6. The number of thiophene rings is 1. The Hall–Kier alpha value is -4.96. The van der Waals surface area contributed by atoms with Crippen molar-refractivity contribution in [1.29, 1.82) is 0 Å². The number of aliphatic imine (C=N–C) groups is 1. The molecule has 4 aromatic heterocycles. The molecule has 3 N–H and O–H groups in total. The fourth-order valence-electron chi connectivity index (χ4n) is 6.41. The lowest BCUT2D eigenvalue weighted by Crippen LogP contribution is -2.28. The van der Waals surface area contributed by atoms with E-state index in [-0.39, 0.29) is 24.1 Å². The van der Waals surface area contributed by atoms with E-state index in [1.807, 2.05) is 41.1 Å². The summed E-state index contributed by atoms with van der Waals surface area (Å²) >= 11 is 14.0. The van der Waals surface area contributed by atoms with Gasteiger partial charge in [0, 0.05) is 80.7 Å². The van der Waals surface area contributed by atoms with Crippen LogP contribution in [0.2, 0.25) is 5.02 Å². The van der Waals surface area contributed by atoms with Crippen molar-refractivity contribution in [2.75, 3.05) is 19.6 Å². The van der Waals surface area contributed by atoms with Gasteiger partial charge in [0.1, 0.15) is 16.9 Å². The van der Waals surface area contributed by atoms with Crippen LogP contribution in [0.25, 0.3) is 15.9 Å². The summed E-state index contributed by atoms with van der Waals surface area (Å²) in [5, 5.41) is 22.8. The van der Waals surface area contributed by atoms with Crippen LogP contribution in [0.5, 0.6) is 0 Å². The van der Waals surface area contributed by atoms with E-state index in [0.717, 1.165) is 38.2 Å². The standard InChI is InChI=1S/C39H38ClN9O3S3/c1-21-22(2)55-39-33(21)35(24-6-8-28(40)9-7-24)46-29(36-48-47-23(3)49(36)39)19-31(50)41-11-4-5-12-43-37(51)26-16-25-17-27(20-45-34(25)30(53)18-26)38(52)44-13-10-32-42-14-15-54-32/h6-9,14-18,20,29,53H,4-5,10-13,19H2,1-3H3,(H,41,50)(H,43,51)(H,44,52)/t29-/m0/s1. The minimum atomic E-state index is -0.557. The molecular weight excluding hydrogens is 774 g/mol. The number of nitrogens with zero attached hydrogens (tertiary/aromatic N) is 6. The molecule has 12 nitrogen and oxygen atoms in total. The van der Waals surface area contributed by atoms with E-state index in [9.17, 15) is 14.4 Å². The maximum Gasteiger partial charge on any atom is 0.252 e. The second-order valence-corrected chi connectivity index (χ2v) is 16.2. The van der Waals surface area contributed by atoms with Crippen LogP contribution >= 0.6 is 46.9 Å². The molecule has 0 aliphatic carbocycles. The number of unbranched alkanes of at least 4 members (excludes halogenated alkanes) is 1. The first-order chi connectivity index (χ1) is 26.6. The molecular formula is C39H38ClN9O3S3. The Balaban J connectivity index is 0.934. The lowest BCUT2D eigenvalue weighted by Gasteiger charge is -2.13. The predicted molar refractivity (Wildman–Crippen MR) is 220 cm³/mol. The van der Waals surface area contributed by atoms with Gasteiger partial charge in [0.2, 0.25) is 5.91 Å². The van der Waals surface area contributed by atoms with Crippen LogP contribution in [0.15, 0.2) is 70.1 Å². The second-order valence-electron chi connectivity index (χ2n) is 13.1. The van der Waals surface area contributed by atoms with Gasteiger partial charge in [-0.2, -0.15) is 0 Å². The Labute approximate surface area is 336 Å². The number of aromatic nitrogens is 5. The van der Waals surface area contributed by atoms with Crippen molar-refractivity contribution in [2.45, 2.75) is 57.4 Å². The van der Waals surface area contributed by atoms with Gasteiger partial charge in [-0.15, -0.1) is 45.5 Å². The number of thiazole rings is 1. The van der Waals surface area contributed by atoms with Gasteiger partial charge in [-0.3, -0.25) is 28.9 Å². The number of hydrogen-bond donors (Lipinski definition) is 4. The Kier molecular flexibility index (Phi) is 11.7. The quantitative estimate of drug-likeness (QED) is 0.0740. The molecule has 1 aliphatic heterocycles. The summed E-state index contributed by atoms with van der Waals surface area (Å²) in [6.45, 7) is 7.39. The van der Waals surface area contributed by atoms with Crippen LogP contribution in [0.4, 0.5) is 0 Å². The highest BCUT2D eigenvalue weighted by molar-refractivity contribution is 7.80. The van der Waals surface area contributed by atoms with Gasteiger partial charge < -0.3 is 16.0 Å². The lowest BCUT2D eigenvalue weighted by atomic mass is 9.99. The molecule has 0 saturated heterocycles. The van der Waals surface area contributed by atoms with Crippen LogP contribution in [0, 0.1) is 20.8 Å². The zero-order valence-corrected chi connectivity index (χ0v) is 33.6. The van der Waals surface area contributed by atoms with E-state index < -0.39 is 6.04 Å². The number of aryl methyl sites for hydroxylation is 2. The SMILES string of the molecule is Cc1sc2c(c1C)C(c1ccc(Cl)cc1)=N[C@@H](CC(=O)NCCCCNC(=O)c1cc(S)c3ncc(C(=O)NCCc4nccs4)cc3c1)c1nnc(C)n1-2. The van der Waals surface area contributed by atoms with Crippen LogP contribution in [-0.4, -0.2) is 67.8 Å². The Morgan fingerprint density at radius 1 is 0.909 bits per heavy atom. The van der Waals surface area contributed by atoms with Crippen LogP contribution < -0.4 is 16.0 Å². The summed E-state index contributed by atoms with van der Waals surface area (Å²) in [7, 11) is 0. The number of halogens is 1. The summed E-state index contributed by atoms with van der Waals surface area (Å²) in [4.78, 5) is 54.7. The monoisotopic (exact) mass is 811 g/mol. The number of rotatable bonds is 13.